The molecule has 0 aliphatic carbocycles. The van der Waals surface area contributed by atoms with E-state index in [9.17, 15) is 0 Å². The van der Waals surface area contributed by atoms with Gasteiger partial charge in [-0.2, -0.15) is 10.1 Å². The highest BCUT2D eigenvalue weighted by Crippen LogP contribution is 2.34. The van der Waals surface area contributed by atoms with E-state index in [0.29, 0.717) is 11.8 Å². The highest BCUT2D eigenvalue weighted by atomic mass is 16.4. The van der Waals surface area contributed by atoms with Gasteiger partial charge in [0.1, 0.15) is 5.69 Å². The summed E-state index contributed by atoms with van der Waals surface area (Å²) in [5.74, 6) is 0.711. The SMILES string of the molecule is CNc1ccc(/C=N/Nc2nc(-c3ccccc3)c(-c3ccccc3)o2)cc1. The summed E-state index contributed by atoms with van der Waals surface area (Å²) in [6, 6.07) is 28.2. The fourth-order valence-electron chi connectivity index (χ4n) is 2.84. The maximum Gasteiger partial charge on any atom is 0.316 e. The van der Waals surface area contributed by atoms with Crippen LogP contribution in [0.3, 0.4) is 0 Å². The van der Waals surface area contributed by atoms with E-state index in [4.69, 9.17) is 4.42 Å². The lowest BCUT2D eigenvalue weighted by atomic mass is 10.1. The van der Waals surface area contributed by atoms with Crippen molar-refractivity contribution in [1.82, 2.24) is 4.98 Å². The van der Waals surface area contributed by atoms with Gasteiger partial charge in [-0.15, -0.1) is 0 Å². The number of hydrogen-bond donors (Lipinski definition) is 2. The Hall–Kier alpha value is -3.86. The minimum absolute atomic E-state index is 0.348. The smallest absolute Gasteiger partial charge is 0.316 e. The van der Waals surface area contributed by atoms with Crippen LogP contribution in [0.15, 0.2) is 94.4 Å². The second kappa shape index (κ2) is 8.22. The average Bonchev–Trinajstić information content (AvgIpc) is 3.20. The number of benzene rings is 3. The van der Waals surface area contributed by atoms with Crippen molar-refractivity contribution in [2.75, 3.05) is 17.8 Å². The molecule has 0 amide bonds. The maximum absolute atomic E-state index is 5.98. The van der Waals surface area contributed by atoms with Crippen molar-refractivity contribution in [3.63, 3.8) is 0 Å². The second-order valence-corrected chi connectivity index (χ2v) is 6.17. The van der Waals surface area contributed by atoms with Gasteiger partial charge in [0.25, 0.3) is 0 Å². The van der Waals surface area contributed by atoms with Crippen LogP contribution in [0.1, 0.15) is 5.56 Å². The molecule has 0 radical (unpaired) electrons. The monoisotopic (exact) mass is 368 g/mol. The molecule has 28 heavy (non-hydrogen) atoms. The first kappa shape index (κ1) is 17.5. The van der Waals surface area contributed by atoms with Gasteiger partial charge in [0.05, 0.1) is 6.21 Å². The normalized spacial score (nSPS) is 10.9. The van der Waals surface area contributed by atoms with Crippen molar-refractivity contribution >= 4 is 17.9 Å². The van der Waals surface area contributed by atoms with Gasteiger partial charge in [-0.3, -0.25) is 0 Å². The standard InChI is InChI=1S/C23H20N4O/c1-24-20-14-12-17(13-15-20)16-25-27-23-26-21(18-8-4-2-5-9-18)22(28-23)19-10-6-3-7-11-19/h2-16,24H,1H3,(H,26,27)/b25-16+. The van der Waals surface area contributed by atoms with Crippen LogP contribution in [0, 0.1) is 0 Å². The van der Waals surface area contributed by atoms with Crippen LogP contribution >= 0.6 is 0 Å². The number of hydrazone groups is 1. The summed E-state index contributed by atoms with van der Waals surface area (Å²) in [6.45, 7) is 0. The van der Waals surface area contributed by atoms with Gasteiger partial charge in [0, 0.05) is 23.9 Å². The highest BCUT2D eigenvalue weighted by Gasteiger charge is 2.16. The van der Waals surface area contributed by atoms with E-state index in [0.717, 1.165) is 28.1 Å². The summed E-state index contributed by atoms with van der Waals surface area (Å²) in [6.07, 6.45) is 1.73. The Morgan fingerprint density at radius 3 is 2.11 bits per heavy atom. The van der Waals surface area contributed by atoms with E-state index >= 15 is 0 Å². The third kappa shape index (κ3) is 3.94. The third-order valence-electron chi connectivity index (χ3n) is 4.28. The lowest BCUT2D eigenvalue weighted by Crippen LogP contribution is -1.92. The van der Waals surface area contributed by atoms with Crippen LogP contribution in [-0.2, 0) is 0 Å². The Labute approximate surface area is 163 Å². The maximum atomic E-state index is 5.98. The Balaban J connectivity index is 1.61. The molecule has 0 unspecified atom stereocenters. The topological polar surface area (TPSA) is 62.5 Å². The van der Waals surface area contributed by atoms with Crippen LogP contribution in [0.5, 0.6) is 0 Å². The molecule has 5 heteroatoms. The van der Waals surface area contributed by atoms with E-state index in [1.165, 1.54) is 0 Å². The van der Waals surface area contributed by atoms with Gasteiger partial charge in [-0.05, 0) is 17.7 Å². The van der Waals surface area contributed by atoms with Crippen molar-refractivity contribution < 1.29 is 4.42 Å². The molecule has 0 bridgehead atoms. The van der Waals surface area contributed by atoms with Crippen LogP contribution < -0.4 is 10.7 Å². The molecule has 2 N–H and O–H groups in total. The molecule has 0 saturated carbocycles. The van der Waals surface area contributed by atoms with Crippen LogP contribution in [-0.4, -0.2) is 18.2 Å². The van der Waals surface area contributed by atoms with Crippen molar-refractivity contribution in [3.8, 4) is 22.6 Å². The van der Waals surface area contributed by atoms with Gasteiger partial charge in [0.2, 0.25) is 0 Å². The predicted octanol–water partition coefficient (Wildman–Crippen LogP) is 5.50. The lowest BCUT2D eigenvalue weighted by Gasteiger charge is -2.00. The van der Waals surface area contributed by atoms with Crippen molar-refractivity contribution in [1.29, 1.82) is 0 Å². The average molecular weight is 368 g/mol. The number of rotatable bonds is 6. The third-order valence-corrected chi connectivity index (χ3v) is 4.28. The molecule has 1 aromatic heterocycles. The van der Waals surface area contributed by atoms with Gasteiger partial charge >= 0.3 is 6.01 Å². The van der Waals surface area contributed by atoms with E-state index < -0.39 is 0 Å². The van der Waals surface area contributed by atoms with Gasteiger partial charge in [-0.25, -0.2) is 5.43 Å². The van der Waals surface area contributed by atoms with Crippen LogP contribution in [0.4, 0.5) is 11.7 Å². The zero-order valence-electron chi connectivity index (χ0n) is 15.5. The molecule has 0 atom stereocenters. The number of nitrogens with one attached hydrogen (secondary N) is 2. The number of oxazole rings is 1. The van der Waals surface area contributed by atoms with E-state index in [-0.39, 0.29) is 0 Å². The Bertz CT molecular complexity index is 998. The highest BCUT2D eigenvalue weighted by molar-refractivity contribution is 5.81. The van der Waals surface area contributed by atoms with E-state index in [2.05, 4.69) is 20.8 Å². The van der Waals surface area contributed by atoms with Gasteiger partial charge in [0.15, 0.2) is 5.76 Å². The van der Waals surface area contributed by atoms with Crippen LogP contribution in [0.25, 0.3) is 22.6 Å². The Morgan fingerprint density at radius 2 is 1.46 bits per heavy atom. The summed E-state index contributed by atoms with van der Waals surface area (Å²) in [4.78, 5) is 4.61. The molecule has 5 nitrogen and oxygen atoms in total. The van der Waals surface area contributed by atoms with Crippen molar-refractivity contribution in [2.45, 2.75) is 0 Å². The molecule has 4 rings (SSSR count). The summed E-state index contributed by atoms with van der Waals surface area (Å²) in [5, 5.41) is 7.35. The minimum atomic E-state index is 0.348. The number of nitrogens with zero attached hydrogens (tertiary/aromatic N) is 2. The molecule has 3 aromatic carbocycles. The summed E-state index contributed by atoms with van der Waals surface area (Å²) in [7, 11) is 1.89. The molecule has 138 valence electrons. The molecule has 0 aliphatic rings. The molecular weight excluding hydrogens is 348 g/mol. The summed E-state index contributed by atoms with van der Waals surface area (Å²) < 4.78 is 5.98. The number of aromatic nitrogens is 1. The zero-order valence-corrected chi connectivity index (χ0v) is 15.5. The zero-order chi connectivity index (χ0) is 19.2. The number of hydrogen-bond acceptors (Lipinski definition) is 5. The molecule has 0 spiro atoms. The quantitative estimate of drug-likeness (QED) is 0.349. The molecule has 4 aromatic rings. The van der Waals surface area contributed by atoms with Gasteiger partial charge in [-0.1, -0.05) is 72.8 Å². The summed E-state index contributed by atoms with van der Waals surface area (Å²) in [5.41, 5.74) is 7.67. The summed E-state index contributed by atoms with van der Waals surface area (Å²) >= 11 is 0. The molecule has 1 heterocycles. The first-order chi connectivity index (χ1) is 13.8. The minimum Gasteiger partial charge on any atom is -0.422 e. The Morgan fingerprint density at radius 1 is 0.821 bits per heavy atom. The van der Waals surface area contributed by atoms with Crippen LogP contribution in [0.2, 0.25) is 0 Å². The lowest BCUT2D eigenvalue weighted by molar-refractivity contribution is 0.587. The predicted molar refractivity (Wildman–Crippen MR) is 115 cm³/mol. The van der Waals surface area contributed by atoms with E-state index in [1.54, 1.807) is 6.21 Å². The van der Waals surface area contributed by atoms with Gasteiger partial charge < -0.3 is 9.73 Å². The van der Waals surface area contributed by atoms with Crippen molar-refractivity contribution in [3.05, 3.63) is 90.5 Å². The Kier molecular flexibility index (Phi) is 5.15. The second-order valence-electron chi connectivity index (χ2n) is 6.17. The van der Waals surface area contributed by atoms with E-state index in [1.807, 2.05) is 92.0 Å². The first-order valence-electron chi connectivity index (χ1n) is 9.02. The molecule has 0 saturated heterocycles. The number of anilines is 2. The fourth-order valence-corrected chi connectivity index (χ4v) is 2.84. The van der Waals surface area contributed by atoms with Crippen molar-refractivity contribution in [2.24, 2.45) is 5.10 Å². The first-order valence-corrected chi connectivity index (χ1v) is 9.02. The molecule has 0 aliphatic heterocycles. The molecule has 0 fully saturated rings. The fraction of sp³-hybridized carbons (Fsp3) is 0.0435. The molecular formula is C23H20N4O. The largest absolute Gasteiger partial charge is 0.422 e.